The van der Waals surface area contributed by atoms with Crippen molar-refractivity contribution in [1.82, 2.24) is 15.2 Å². The van der Waals surface area contributed by atoms with Crippen LogP contribution in [-0.4, -0.2) is 35.6 Å². The third-order valence-corrected chi connectivity index (χ3v) is 3.91. The molecule has 3 rings (SSSR count). The number of likely N-dealkylation sites (tertiary alicyclic amines) is 1. The van der Waals surface area contributed by atoms with Crippen LogP contribution in [0.4, 0.5) is 0 Å². The molecule has 0 unspecified atom stereocenters. The zero-order valence-corrected chi connectivity index (χ0v) is 8.96. The highest BCUT2D eigenvalue weighted by Crippen LogP contribution is 2.23. The summed E-state index contributed by atoms with van der Waals surface area (Å²) in [7, 11) is 0. The molecule has 1 aromatic rings. The van der Waals surface area contributed by atoms with Gasteiger partial charge in [-0.05, 0) is 18.9 Å². The van der Waals surface area contributed by atoms with E-state index in [1.165, 1.54) is 31.1 Å². The second-order valence-electron chi connectivity index (χ2n) is 4.33. The fourth-order valence-electron chi connectivity index (χ4n) is 2.58. The van der Waals surface area contributed by atoms with Gasteiger partial charge in [0, 0.05) is 30.7 Å². The summed E-state index contributed by atoms with van der Waals surface area (Å²) in [5, 5.41) is 6.89. The zero-order chi connectivity index (χ0) is 9.38. The van der Waals surface area contributed by atoms with Crippen molar-refractivity contribution in [2.24, 2.45) is 5.92 Å². The maximum atomic E-state index is 4.34. The summed E-state index contributed by atoms with van der Waals surface area (Å²) in [5.74, 6) is 0.883. The Balaban J connectivity index is 1.64. The molecule has 14 heavy (non-hydrogen) atoms. The standard InChI is InChI=1S/C10H15N3S/c1-2-14-10(11-1)7-13-5-8-3-9(6-13)12-4-8/h1-2,8-9,12H,3-7H2/t8-,9+/m1/s1. The van der Waals surface area contributed by atoms with Crippen LogP contribution < -0.4 is 5.32 Å². The highest BCUT2D eigenvalue weighted by molar-refractivity contribution is 7.09. The highest BCUT2D eigenvalue weighted by atomic mass is 32.1. The quantitative estimate of drug-likeness (QED) is 0.785. The van der Waals surface area contributed by atoms with E-state index in [4.69, 9.17) is 0 Å². The number of nitrogens with one attached hydrogen (secondary N) is 1. The normalized spacial score (nSPS) is 32.3. The Morgan fingerprint density at radius 2 is 2.57 bits per heavy atom. The molecule has 0 amide bonds. The second-order valence-corrected chi connectivity index (χ2v) is 5.31. The Morgan fingerprint density at radius 3 is 3.36 bits per heavy atom. The summed E-state index contributed by atoms with van der Waals surface area (Å²) >= 11 is 1.77. The molecule has 2 bridgehead atoms. The first-order valence-electron chi connectivity index (χ1n) is 5.24. The van der Waals surface area contributed by atoms with Crippen LogP contribution in [-0.2, 0) is 6.54 Å². The van der Waals surface area contributed by atoms with Gasteiger partial charge in [-0.2, -0.15) is 0 Å². The number of fused-ring (bicyclic) bond motifs is 2. The summed E-state index contributed by atoms with van der Waals surface area (Å²) in [5.41, 5.74) is 0. The van der Waals surface area contributed by atoms with Crippen molar-refractivity contribution in [1.29, 1.82) is 0 Å². The lowest BCUT2D eigenvalue weighted by Gasteiger charge is -2.30. The van der Waals surface area contributed by atoms with Crippen LogP contribution >= 0.6 is 11.3 Å². The van der Waals surface area contributed by atoms with Crippen molar-refractivity contribution in [3.8, 4) is 0 Å². The topological polar surface area (TPSA) is 28.2 Å². The number of nitrogens with zero attached hydrogens (tertiary/aromatic N) is 2. The summed E-state index contributed by atoms with van der Waals surface area (Å²) < 4.78 is 0. The lowest BCUT2D eigenvalue weighted by Crippen LogP contribution is -2.40. The van der Waals surface area contributed by atoms with E-state index in [2.05, 4.69) is 20.6 Å². The van der Waals surface area contributed by atoms with Gasteiger partial charge in [0.1, 0.15) is 5.01 Å². The molecule has 0 saturated carbocycles. The number of hydrogen-bond acceptors (Lipinski definition) is 4. The highest BCUT2D eigenvalue weighted by Gasteiger charge is 2.32. The molecule has 4 heteroatoms. The SMILES string of the molecule is c1csc(CN2C[C@H]3CN[C@@H](C3)C2)n1. The van der Waals surface area contributed by atoms with Crippen LogP contribution in [0.25, 0.3) is 0 Å². The van der Waals surface area contributed by atoms with Crippen molar-refractivity contribution < 1.29 is 0 Å². The van der Waals surface area contributed by atoms with Gasteiger partial charge < -0.3 is 5.32 Å². The number of aromatic nitrogens is 1. The molecule has 2 aliphatic heterocycles. The van der Waals surface area contributed by atoms with Gasteiger partial charge in [-0.1, -0.05) is 0 Å². The maximum absolute atomic E-state index is 4.34. The smallest absolute Gasteiger partial charge is 0.107 e. The van der Waals surface area contributed by atoms with E-state index >= 15 is 0 Å². The molecule has 3 nitrogen and oxygen atoms in total. The van der Waals surface area contributed by atoms with Crippen molar-refractivity contribution >= 4 is 11.3 Å². The van der Waals surface area contributed by atoms with Crippen LogP contribution in [0.15, 0.2) is 11.6 Å². The third-order valence-electron chi connectivity index (χ3n) is 3.15. The Kier molecular flexibility index (Phi) is 2.27. The Bertz CT molecular complexity index is 286. The second kappa shape index (κ2) is 3.61. The monoisotopic (exact) mass is 209 g/mol. The van der Waals surface area contributed by atoms with Crippen LogP contribution in [0, 0.1) is 5.92 Å². The van der Waals surface area contributed by atoms with Gasteiger partial charge in [-0.25, -0.2) is 4.98 Å². The van der Waals surface area contributed by atoms with Crippen molar-refractivity contribution in [3.63, 3.8) is 0 Å². The number of hydrogen-bond donors (Lipinski definition) is 1. The van der Waals surface area contributed by atoms with Gasteiger partial charge in [-0.3, -0.25) is 4.90 Å². The average molecular weight is 209 g/mol. The Labute approximate surface area is 88.1 Å². The number of thiazole rings is 1. The summed E-state index contributed by atoms with van der Waals surface area (Å²) in [6.07, 6.45) is 3.28. The predicted molar refractivity (Wildman–Crippen MR) is 57.3 cm³/mol. The molecule has 0 radical (unpaired) electrons. The summed E-state index contributed by atoms with van der Waals surface area (Å²) in [6, 6.07) is 0.744. The first-order chi connectivity index (χ1) is 6.90. The van der Waals surface area contributed by atoms with Crippen molar-refractivity contribution in [3.05, 3.63) is 16.6 Å². The summed E-state index contributed by atoms with van der Waals surface area (Å²) in [4.78, 5) is 6.88. The molecule has 2 atom stereocenters. The molecule has 2 fully saturated rings. The van der Waals surface area contributed by atoms with E-state index in [1.54, 1.807) is 11.3 Å². The van der Waals surface area contributed by atoms with Gasteiger partial charge in [0.05, 0.1) is 6.54 Å². The van der Waals surface area contributed by atoms with Crippen molar-refractivity contribution in [2.75, 3.05) is 19.6 Å². The molecular formula is C10H15N3S. The predicted octanol–water partition coefficient (Wildman–Crippen LogP) is 0.937. The first kappa shape index (κ1) is 8.83. The molecular weight excluding hydrogens is 194 g/mol. The Hall–Kier alpha value is -0.450. The number of rotatable bonds is 2. The van der Waals surface area contributed by atoms with Crippen LogP contribution in [0.3, 0.4) is 0 Å². The molecule has 1 N–H and O–H groups in total. The maximum Gasteiger partial charge on any atom is 0.107 e. The van der Waals surface area contributed by atoms with E-state index in [0.717, 1.165) is 18.5 Å². The van der Waals surface area contributed by atoms with E-state index in [1.807, 2.05) is 6.20 Å². The van der Waals surface area contributed by atoms with Gasteiger partial charge in [0.25, 0.3) is 0 Å². The molecule has 0 aliphatic carbocycles. The third kappa shape index (κ3) is 1.69. The largest absolute Gasteiger partial charge is 0.312 e. The van der Waals surface area contributed by atoms with Crippen LogP contribution in [0.1, 0.15) is 11.4 Å². The lowest BCUT2D eigenvalue weighted by molar-refractivity contribution is 0.185. The number of piperidine rings is 1. The van der Waals surface area contributed by atoms with Gasteiger partial charge in [-0.15, -0.1) is 11.3 Å². The summed E-state index contributed by atoms with van der Waals surface area (Å²) in [6.45, 7) is 4.73. The molecule has 3 heterocycles. The van der Waals surface area contributed by atoms with E-state index in [9.17, 15) is 0 Å². The minimum Gasteiger partial charge on any atom is -0.312 e. The van der Waals surface area contributed by atoms with Crippen LogP contribution in [0.2, 0.25) is 0 Å². The molecule has 1 aromatic heterocycles. The molecule has 0 spiro atoms. The van der Waals surface area contributed by atoms with Crippen molar-refractivity contribution in [2.45, 2.75) is 19.0 Å². The molecule has 0 aromatic carbocycles. The molecule has 2 saturated heterocycles. The first-order valence-corrected chi connectivity index (χ1v) is 6.12. The lowest BCUT2D eigenvalue weighted by atomic mass is 10.0. The van der Waals surface area contributed by atoms with Gasteiger partial charge in [0.2, 0.25) is 0 Å². The Morgan fingerprint density at radius 1 is 1.57 bits per heavy atom. The average Bonchev–Trinajstić information content (AvgIpc) is 2.77. The fourth-order valence-corrected chi connectivity index (χ4v) is 3.24. The minimum atomic E-state index is 0.744. The van der Waals surface area contributed by atoms with E-state index in [-0.39, 0.29) is 0 Å². The zero-order valence-electron chi connectivity index (χ0n) is 8.15. The van der Waals surface area contributed by atoms with E-state index < -0.39 is 0 Å². The van der Waals surface area contributed by atoms with Crippen LogP contribution in [0.5, 0.6) is 0 Å². The van der Waals surface area contributed by atoms with E-state index in [0.29, 0.717) is 0 Å². The fraction of sp³-hybridized carbons (Fsp3) is 0.700. The van der Waals surface area contributed by atoms with Gasteiger partial charge in [0.15, 0.2) is 0 Å². The molecule has 76 valence electrons. The molecule has 2 aliphatic rings. The van der Waals surface area contributed by atoms with Gasteiger partial charge >= 0.3 is 0 Å². The minimum absolute atomic E-state index is 0.744.